The monoisotopic (exact) mass is 626 g/mol. The molecule has 2 unspecified atom stereocenters. The van der Waals surface area contributed by atoms with Crippen molar-refractivity contribution in [3.05, 3.63) is 168 Å². The lowest BCUT2D eigenvalue weighted by Gasteiger charge is -2.31. The molecule has 0 aromatic heterocycles. The number of hydrogen-bond acceptors (Lipinski definition) is 2. The standard InChI is InChI=1S/C42H32N2P2/c1-3-15-31(16-4-1)45-37-23-9-7-21-35(37)43-36-22-8-10-24-38(36)46(32-17-5-2-6-18-32)40-28-26-30-14-12-20-34(30)42(40)44-41-33-19-11-13-29(33)25-27-39(41)45/h1-13,15-18,20-28,43-44H,14,19H2. The highest BCUT2D eigenvalue weighted by Crippen LogP contribution is 2.46. The van der Waals surface area contributed by atoms with E-state index in [0.717, 1.165) is 24.2 Å². The van der Waals surface area contributed by atoms with E-state index >= 15 is 0 Å². The molecule has 0 saturated heterocycles. The van der Waals surface area contributed by atoms with Crippen LogP contribution in [0.2, 0.25) is 0 Å². The Morgan fingerprint density at radius 3 is 1.67 bits per heavy atom. The maximum Gasteiger partial charge on any atom is 0.0545 e. The summed E-state index contributed by atoms with van der Waals surface area (Å²) in [5.74, 6) is 0. The van der Waals surface area contributed by atoms with Gasteiger partial charge in [0.15, 0.2) is 0 Å². The van der Waals surface area contributed by atoms with Crippen LogP contribution in [0, 0.1) is 0 Å². The number of hydrogen-bond donors (Lipinski definition) is 2. The Morgan fingerprint density at radius 2 is 1.00 bits per heavy atom. The second-order valence-electron chi connectivity index (χ2n) is 11.9. The van der Waals surface area contributed by atoms with E-state index in [1.54, 1.807) is 0 Å². The van der Waals surface area contributed by atoms with Crippen molar-refractivity contribution in [2.24, 2.45) is 0 Å². The maximum atomic E-state index is 4.24. The second-order valence-corrected chi connectivity index (χ2v) is 16.2. The third-order valence-corrected chi connectivity index (χ3v) is 14.3. The molecule has 6 aromatic carbocycles. The third kappa shape index (κ3) is 4.64. The van der Waals surface area contributed by atoms with Crippen LogP contribution in [0.1, 0.15) is 22.3 Å². The minimum atomic E-state index is -0.907. The average Bonchev–Trinajstić information content (AvgIpc) is 3.79. The molecule has 0 spiro atoms. The van der Waals surface area contributed by atoms with E-state index in [4.69, 9.17) is 0 Å². The summed E-state index contributed by atoms with van der Waals surface area (Å²) in [7, 11) is -1.81. The first-order valence-corrected chi connectivity index (χ1v) is 18.6. The fourth-order valence-corrected chi connectivity index (χ4v) is 12.1. The highest BCUT2D eigenvalue weighted by atomic mass is 31.1. The van der Waals surface area contributed by atoms with E-state index in [-0.39, 0.29) is 0 Å². The summed E-state index contributed by atoms with van der Waals surface area (Å²) in [6, 6.07) is 49.6. The summed E-state index contributed by atoms with van der Waals surface area (Å²) in [5, 5.41) is 16.3. The SMILES string of the molecule is C1=Cc2c(ccc3c2Nc2c(ccc4c2CC=C4)P(c2ccccc2)c2ccccc2Nc2ccccc2P3c2ccccc2)C1. The molecule has 220 valence electrons. The van der Waals surface area contributed by atoms with E-state index in [2.05, 4.69) is 168 Å². The minimum Gasteiger partial charge on any atom is -0.354 e. The summed E-state index contributed by atoms with van der Waals surface area (Å²) in [6.45, 7) is 0. The van der Waals surface area contributed by atoms with Crippen LogP contribution in [0.25, 0.3) is 12.2 Å². The van der Waals surface area contributed by atoms with Gasteiger partial charge in [-0.25, -0.2) is 0 Å². The van der Waals surface area contributed by atoms with Crippen LogP contribution in [0.4, 0.5) is 22.7 Å². The molecule has 0 bridgehead atoms. The number of rotatable bonds is 2. The van der Waals surface area contributed by atoms with Crippen molar-refractivity contribution in [1.82, 2.24) is 0 Å². The Labute approximate surface area is 273 Å². The molecule has 1 heterocycles. The van der Waals surface area contributed by atoms with Crippen LogP contribution in [0.15, 0.2) is 146 Å². The summed E-state index contributed by atoms with van der Waals surface area (Å²) >= 11 is 0. The van der Waals surface area contributed by atoms with Crippen molar-refractivity contribution in [1.29, 1.82) is 0 Å². The van der Waals surface area contributed by atoms with Gasteiger partial charge in [0.2, 0.25) is 0 Å². The van der Waals surface area contributed by atoms with Crippen molar-refractivity contribution in [2.45, 2.75) is 12.8 Å². The Bertz CT molecular complexity index is 2170. The van der Waals surface area contributed by atoms with Crippen LogP contribution in [-0.2, 0) is 12.8 Å². The van der Waals surface area contributed by atoms with Crippen molar-refractivity contribution in [2.75, 3.05) is 10.6 Å². The quantitative estimate of drug-likeness (QED) is 0.189. The van der Waals surface area contributed by atoms with Crippen molar-refractivity contribution < 1.29 is 0 Å². The lowest BCUT2D eigenvalue weighted by molar-refractivity contribution is 1.30. The van der Waals surface area contributed by atoms with Gasteiger partial charge in [0.1, 0.15) is 0 Å². The lowest BCUT2D eigenvalue weighted by Crippen LogP contribution is -2.29. The van der Waals surface area contributed by atoms with Gasteiger partial charge in [0, 0.05) is 38.2 Å². The smallest absolute Gasteiger partial charge is 0.0545 e. The lowest BCUT2D eigenvalue weighted by atomic mass is 10.0. The topological polar surface area (TPSA) is 24.1 Å². The van der Waals surface area contributed by atoms with Crippen LogP contribution >= 0.6 is 15.8 Å². The van der Waals surface area contributed by atoms with Gasteiger partial charge in [-0.15, -0.1) is 0 Å². The molecule has 2 aliphatic carbocycles. The fraction of sp³-hybridized carbons (Fsp3) is 0.0476. The Morgan fingerprint density at radius 1 is 0.435 bits per heavy atom. The van der Waals surface area contributed by atoms with Crippen LogP contribution in [-0.4, -0.2) is 0 Å². The van der Waals surface area contributed by atoms with E-state index in [1.165, 1.54) is 65.5 Å². The Hall–Kier alpha value is -4.74. The zero-order valence-electron chi connectivity index (χ0n) is 25.3. The van der Waals surface area contributed by atoms with Crippen molar-refractivity contribution in [3.63, 3.8) is 0 Å². The number of anilines is 4. The maximum absolute atomic E-state index is 4.24. The molecule has 3 aliphatic rings. The molecule has 46 heavy (non-hydrogen) atoms. The van der Waals surface area contributed by atoms with Gasteiger partial charge >= 0.3 is 0 Å². The van der Waals surface area contributed by atoms with E-state index in [9.17, 15) is 0 Å². The highest BCUT2D eigenvalue weighted by Gasteiger charge is 2.31. The zero-order valence-corrected chi connectivity index (χ0v) is 27.1. The van der Waals surface area contributed by atoms with Gasteiger partial charge in [-0.05, 0) is 68.1 Å². The molecule has 1 aliphatic heterocycles. The molecular formula is C42H32N2P2. The predicted octanol–water partition coefficient (Wildman–Crippen LogP) is 8.14. The number of benzene rings is 6. The first-order valence-electron chi connectivity index (χ1n) is 15.9. The highest BCUT2D eigenvalue weighted by molar-refractivity contribution is 7.81. The Balaban J connectivity index is 1.40. The molecule has 0 radical (unpaired) electrons. The first kappa shape index (κ1) is 27.6. The molecule has 2 nitrogen and oxygen atoms in total. The summed E-state index contributed by atoms with van der Waals surface area (Å²) < 4.78 is 0. The molecular weight excluding hydrogens is 594 g/mol. The van der Waals surface area contributed by atoms with Gasteiger partial charge in [0.05, 0.1) is 11.4 Å². The van der Waals surface area contributed by atoms with E-state index in [1.807, 2.05) is 0 Å². The van der Waals surface area contributed by atoms with Crippen LogP contribution < -0.4 is 42.5 Å². The first-order chi connectivity index (χ1) is 22.8. The molecule has 4 heteroatoms. The molecule has 2 N–H and O–H groups in total. The third-order valence-electron chi connectivity index (χ3n) is 9.20. The van der Waals surface area contributed by atoms with Crippen molar-refractivity contribution in [3.8, 4) is 0 Å². The Kier molecular flexibility index (Phi) is 6.93. The van der Waals surface area contributed by atoms with E-state index in [0.29, 0.717) is 0 Å². The van der Waals surface area contributed by atoms with Gasteiger partial charge in [-0.1, -0.05) is 146 Å². The summed E-state index contributed by atoms with van der Waals surface area (Å²) in [4.78, 5) is 0. The summed E-state index contributed by atoms with van der Waals surface area (Å²) in [5.41, 5.74) is 10.2. The number of nitrogens with one attached hydrogen (secondary N) is 2. The minimum absolute atomic E-state index is 0.903. The van der Waals surface area contributed by atoms with Crippen LogP contribution in [0.5, 0.6) is 0 Å². The normalized spacial score (nSPS) is 17.1. The molecule has 6 aromatic rings. The molecule has 0 saturated carbocycles. The van der Waals surface area contributed by atoms with Gasteiger partial charge in [-0.2, -0.15) is 0 Å². The van der Waals surface area contributed by atoms with Crippen LogP contribution in [0.3, 0.4) is 0 Å². The van der Waals surface area contributed by atoms with Gasteiger partial charge in [-0.3, -0.25) is 0 Å². The molecule has 9 rings (SSSR count). The van der Waals surface area contributed by atoms with Gasteiger partial charge in [0.25, 0.3) is 0 Å². The largest absolute Gasteiger partial charge is 0.354 e. The number of fused-ring (bicyclic) bond motifs is 8. The molecule has 0 amide bonds. The summed E-state index contributed by atoms with van der Waals surface area (Å²) in [6.07, 6.45) is 11.2. The number of para-hydroxylation sites is 2. The van der Waals surface area contributed by atoms with Crippen molar-refractivity contribution >= 4 is 82.6 Å². The average molecular weight is 627 g/mol. The zero-order chi connectivity index (χ0) is 30.5. The molecule has 2 atom stereocenters. The second kappa shape index (κ2) is 11.6. The fourth-order valence-electron chi connectivity index (χ4n) is 7.09. The molecule has 0 fully saturated rings. The van der Waals surface area contributed by atoms with Gasteiger partial charge < -0.3 is 10.6 Å². The number of allylic oxidation sites excluding steroid dienone is 2. The predicted molar refractivity (Wildman–Crippen MR) is 202 cm³/mol. The van der Waals surface area contributed by atoms with E-state index < -0.39 is 15.8 Å².